The Labute approximate surface area is 145 Å². The normalized spacial score (nSPS) is 14.3. The minimum atomic E-state index is -0.0838. The molecule has 2 aromatic carbocycles. The van der Waals surface area contributed by atoms with Gasteiger partial charge in [0.1, 0.15) is 11.6 Å². The minimum absolute atomic E-state index is 0.0838. The molecule has 0 unspecified atom stereocenters. The quantitative estimate of drug-likeness (QED) is 0.732. The van der Waals surface area contributed by atoms with Crippen molar-refractivity contribution in [3.8, 4) is 11.4 Å². The smallest absolute Gasteiger partial charge is 0.350 e. The lowest BCUT2D eigenvalue weighted by Crippen LogP contribution is -2.37. The number of ether oxygens (including phenoxy) is 1. The first-order valence-corrected chi connectivity index (χ1v) is 8.34. The molecule has 0 saturated carbocycles. The van der Waals surface area contributed by atoms with Crippen molar-refractivity contribution in [1.82, 2.24) is 19.2 Å². The zero-order chi connectivity index (χ0) is 17.2. The summed E-state index contributed by atoms with van der Waals surface area (Å²) in [6.07, 6.45) is 0. The van der Waals surface area contributed by atoms with E-state index in [2.05, 4.69) is 22.1 Å². The summed E-state index contributed by atoms with van der Waals surface area (Å²) in [5, 5.41) is 4.55. The molecular formula is C19H20N4O2. The third-order valence-electron chi connectivity index (χ3n) is 4.51. The molecule has 0 fully saturated rings. The van der Waals surface area contributed by atoms with Gasteiger partial charge in [-0.05, 0) is 29.8 Å². The van der Waals surface area contributed by atoms with Crippen LogP contribution in [0.25, 0.3) is 5.69 Å². The number of fused-ring (bicyclic) bond motifs is 1. The Morgan fingerprint density at radius 3 is 2.52 bits per heavy atom. The van der Waals surface area contributed by atoms with Crippen LogP contribution in [-0.4, -0.2) is 32.9 Å². The highest BCUT2D eigenvalue weighted by atomic mass is 16.5. The number of benzene rings is 2. The second-order valence-electron chi connectivity index (χ2n) is 6.16. The van der Waals surface area contributed by atoms with Gasteiger partial charge in [-0.2, -0.15) is 4.68 Å². The van der Waals surface area contributed by atoms with Gasteiger partial charge in [-0.1, -0.05) is 30.3 Å². The fraction of sp³-hybridized carbons (Fsp3) is 0.263. The van der Waals surface area contributed by atoms with E-state index in [1.807, 2.05) is 42.5 Å². The zero-order valence-corrected chi connectivity index (χ0v) is 14.1. The van der Waals surface area contributed by atoms with E-state index in [0.29, 0.717) is 13.1 Å². The molecule has 1 aliphatic heterocycles. The topological polar surface area (TPSA) is 52.3 Å². The highest BCUT2D eigenvalue weighted by molar-refractivity contribution is 5.36. The van der Waals surface area contributed by atoms with Crippen LogP contribution < -0.4 is 10.4 Å². The van der Waals surface area contributed by atoms with Gasteiger partial charge < -0.3 is 4.74 Å². The summed E-state index contributed by atoms with van der Waals surface area (Å²) in [6.45, 7) is 3.05. The van der Waals surface area contributed by atoms with E-state index in [1.165, 1.54) is 10.2 Å². The molecule has 0 atom stereocenters. The molecule has 25 heavy (non-hydrogen) atoms. The van der Waals surface area contributed by atoms with Crippen LogP contribution in [-0.2, 0) is 19.6 Å². The molecule has 0 bridgehead atoms. The van der Waals surface area contributed by atoms with Crippen molar-refractivity contribution >= 4 is 0 Å². The fourth-order valence-electron chi connectivity index (χ4n) is 3.17. The largest absolute Gasteiger partial charge is 0.497 e. The lowest BCUT2D eigenvalue weighted by Gasteiger charge is -2.26. The van der Waals surface area contributed by atoms with Crippen molar-refractivity contribution in [2.45, 2.75) is 19.6 Å². The summed E-state index contributed by atoms with van der Waals surface area (Å²) >= 11 is 0. The molecule has 128 valence electrons. The van der Waals surface area contributed by atoms with Crippen molar-refractivity contribution in [3.05, 3.63) is 76.5 Å². The Bertz CT molecular complexity index is 913. The van der Waals surface area contributed by atoms with Crippen LogP contribution in [0.3, 0.4) is 0 Å². The van der Waals surface area contributed by atoms with Crippen molar-refractivity contribution < 1.29 is 4.74 Å². The van der Waals surface area contributed by atoms with Gasteiger partial charge in [0.25, 0.3) is 0 Å². The van der Waals surface area contributed by atoms with Crippen molar-refractivity contribution in [3.63, 3.8) is 0 Å². The van der Waals surface area contributed by atoms with Gasteiger partial charge in [-0.25, -0.2) is 4.79 Å². The van der Waals surface area contributed by atoms with Crippen LogP contribution in [0.5, 0.6) is 5.75 Å². The van der Waals surface area contributed by atoms with E-state index in [-0.39, 0.29) is 5.69 Å². The number of nitrogens with zero attached hydrogens (tertiary/aromatic N) is 4. The van der Waals surface area contributed by atoms with E-state index >= 15 is 0 Å². The van der Waals surface area contributed by atoms with Crippen LogP contribution >= 0.6 is 0 Å². The molecule has 0 radical (unpaired) electrons. The van der Waals surface area contributed by atoms with Crippen molar-refractivity contribution in [1.29, 1.82) is 0 Å². The first-order valence-electron chi connectivity index (χ1n) is 8.34. The Balaban J connectivity index is 1.58. The first kappa shape index (κ1) is 15.7. The van der Waals surface area contributed by atoms with Crippen LogP contribution in [0.1, 0.15) is 11.4 Å². The number of rotatable bonds is 4. The van der Waals surface area contributed by atoms with E-state index in [1.54, 1.807) is 11.7 Å². The summed E-state index contributed by atoms with van der Waals surface area (Å²) in [5.74, 6) is 1.57. The van der Waals surface area contributed by atoms with E-state index in [0.717, 1.165) is 30.4 Å². The summed E-state index contributed by atoms with van der Waals surface area (Å²) in [4.78, 5) is 15.0. The maximum Gasteiger partial charge on any atom is 0.350 e. The molecule has 1 aromatic heterocycles. The van der Waals surface area contributed by atoms with Gasteiger partial charge in [0.2, 0.25) is 0 Å². The maximum atomic E-state index is 12.6. The molecule has 0 amide bonds. The second kappa shape index (κ2) is 6.57. The average molecular weight is 336 g/mol. The van der Waals surface area contributed by atoms with Crippen LogP contribution in [0.2, 0.25) is 0 Å². The Morgan fingerprint density at radius 2 is 1.80 bits per heavy atom. The molecule has 1 aliphatic rings. The van der Waals surface area contributed by atoms with Gasteiger partial charge >= 0.3 is 5.69 Å². The molecule has 6 heteroatoms. The Kier molecular flexibility index (Phi) is 4.11. The molecule has 0 aliphatic carbocycles. The van der Waals surface area contributed by atoms with Crippen molar-refractivity contribution in [2.24, 2.45) is 0 Å². The van der Waals surface area contributed by atoms with Gasteiger partial charge in [0.05, 0.1) is 19.3 Å². The standard InChI is InChI=1S/C19H20N4O2/c1-25-17-9-7-16(8-10-17)23-19(24)22-12-11-21(14-18(22)20-23)13-15-5-3-2-4-6-15/h2-10H,11-14H2,1H3. The van der Waals surface area contributed by atoms with Gasteiger partial charge in [0.15, 0.2) is 0 Å². The summed E-state index contributed by atoms with van der Waals surface area (Å²) in [6, 6.07) is 17.7. The molecule has 0 N–H and O–H groups in total. The Hall–Kier alpha value is -2.86. The molecular weight excluding hydrogens is 316 g/mol. The minimum Gasteiger partial charge on any atom is -0.497 e. The monoisotopic (exact) mass is 336 g/mol. The predicted molar refractivity (Wildman–Crippen MR) is 94.9 cm³/mol. The van der Waals surface area contributed by atoms with Crippen molar-refractivity contribution in [2.75, 3.05) is 13.7 Å². The van der Waals surface area contributed by atoms with E-state index < -0.39 is 0 Å². The molecule has 2 heterocycles. The van der Waals surface area contributed by atoms with Gasteiger partial charge in [-0.3, -0.25) is 9.47 Å². The van der Waals surface area contributed by atoms with Crippen LogP contribution in [0, 0.1) is 0 Å². The zero-order valence-electron chi connectivity index (χ0n) is 14.1. The third-order valence-corrected chi connectivity index (χ3v) is 4.51. The first-order chi connectivity index (χ1) is 12.2. The average Bonchev–Trinajstić information content (AvgIpc) is 2.99. The fourth-order valence-corrected chi connectivity index (χ4v) is 3.17. The Morgan fingerprint density at radius 1 is 1.04 bits per heavy atom. The molecule has 4 rings (SSSR count). The molecule has 0 spiro atoms. The molecule has 3 aromatic rings. The summed E-state index contributed by atoms with van der Waals surface area (Å²) in [7, 11) is 1.62. The van der Waals surface area contributed by atoms with Crippen LogP contribution in [0.4, 0.5) is 0 Å². The predicted octanol–water partition coefficient (Wildman–Crippen LogP) is 2.06. The molecule has 0 saturated heterocycles. The number of methoxy groups -OCH3 is 1. The van der Waals surface area contributed by atoms with Gasteiger partial charge in [-0.15, -0.1) is 5.10 Å². The number of hydrogen-bond donors (Lipinski definition) is 0. The maximum absolute atomic E-state index is 12.6. The summed E-state index contributed by atoms with van der Waals surface area (Å²) in [5.41, 5.74) is 1.94. The highest BCUT2D eigenvalue weighted by Gasteiger charge is 2.22. The summed E-state index contributed by atoms with van der Waals surface area (Å²) < 4.78 is 8.41. The third kappa shape index (κ3) is 3.08. The lowest BCUT2D eigenvalue weighted by molar-refractivity contribution is 0.207. The highest BCUT2D eigenvalue weighted by Crippen LogP contribution is 2.16. The second-order valence-corrected chi connectivity index (χ2v) is 6.16. The number of aromatic nitrogens is 3. The van der Waals surface area contributed by atoms with E-state index in [4.69, 9.17) is 4.74 Å². The van der Waals surface area contributed by atoms with Crippen LogP contribution in [0.15, 0.2) is 59.4 Å². The van der Waals surface area contributed by atoms with Gasteiger partial charge in [0, 0.05) is 19.6 Å². The van der Waals surface area contributed by atoms with E-state index in [9.17, 15) is 4.79 Å². The lowest BCUT2D eigenvalue weighted by atomic mass is 10.2. The number of hydrogen-bond acceptors (Lipinski definition) is 4. The SMILES string of the molecule is COc1ccc(-n2nc3n(c2=O)CCN(Cc2ccccc2)C3)cc1. The molecule has 6 nitrogen and oxygen atoms in total.